The Morgan fingerprint density at radius 2 is 2.33 bits per heavy atom. The Morgan fingerprint density at radius 3 is 2.87 bits per heavy atom. The van der Waals surface area contributed by atoms with Crippen molar-refractivity contribution in [3.8, 4) is 0 Å². The van der Waals surface area contributed by atoms with Gasteiger partial charge in [-0.25, -0.2) is 4.79 Å². The highest BCUT2D eigenvalue weighted by Crippen LogP contribution is 2.31. The van der Waals surface area contributed by atoms with E-state index >= 15 is 0 Å². The van der Waals surface area contributed by atoms with Gasteiger partial charge in [0, 0.05) is 13.1 Å². The summed E-state index contributed by atoms with van der Waals surface area (Å²) in [6.45, 7) is 4.42. The van der Waals surface area contributed by atoms with Crippen LogP contribution < -0.4 is 11.1 Å². The van der Waals surface area contributed by atoms with E-state index in [2.05, 4.69) is 12.2 Å². The van der Waals surface area contributed by atoms with Crippen LogP contribution >= 0.6 is 0 Å². The number of carbonyl (C=O) groups excluding carboxylic acids is 1. The minimum Gasteiger partial charge on any atom is -0.333 e. The third kappa shape index (κ3) is 2.25. The molecule has 1 heterocycles. The fraction of sp³-hybridized carbons (Fsp3) is 0.909. The second kappa shape index (κ2) is 4.39. The zero-order chi connectivity index (χ0) is 10.8. The van der Waals surface area contributed by atoms with Crippen molar-refractivity contribution in [2.24, 2.45) is 17.6 Å². The smallest absolute Gasteiger partial charge is 0.317 e. The standard InChI is InChI=1S/C11H21N3O/c1-8(5-12)6-14-7-10(13-11(14)15)9-3-2-4-9/h8-10H,2-7,12H2,1H3,(H,13,15). The molecule has 2 fully saturated rings. The number of urea groups is 1. The van der Waals surface area contributed by atoms with Crippen LogP contribution in [0.15, 0.2) is 0 Å². The highest BCUT2D eigenvalue weighted by Gasteiger charge is 2.36. The molecule has 3 N–H and O–H groups in total. The number of hydrogen-bond acceptors (Lipinski definition) is 2. The summed E-state index contributed by atoms with van der Waals surface area (Å²) in [5.41, 5.74) is 5.57. The van der Waals surface area contributed by atoms with E-state index in [4.69, 9.17) is 5.73 Å². The molecule has 0 spiro atoms. The van der Waals surface area contributed by atoms with Crippen LogP contribution in [0.5, 0.6) is 0 Å². The van der Waals surface area contributed by atoms with Crippen molar-refractivity contribution in [3.05, 3.63) is 0 Å². The molecule has 4 heteroatoms. The summed E-state index contributed by atoms with van der Waals surface area (Å²) in [6.07, 6.45) is 3.90. The van der Waals surface area contributed by atoms with Crippen LogP contribution in [-0.2, 0) is 0 Å². The molecule has 1 saturated heterocycles. The molecule has 1 aliphatic heterocycles. The van der Waals surface area contributed by atoms with Crippen LogP contribution in [0.25, 0.3) is 0 Å². The lowest BCUT2D eigenvalue weighted by Gasteiger charge is -2.30. The largest absolute Gasteiger partial charge is 0.333 e. The molecule has 0 bridgehead atoms. The number of rotatable bonds is 4. The quantitative estimate of drug-likeness (QED) is 0.722. The van der Waals surface area contributed by atoms with Crippen molar-refractivity contribution in [1.29, 1.82) is 0 Å². The molecule has 2 unspecified atom stereocenters. The second-order valence-electron chi connectivity index (χ2n) is 4.99. The molecule has 2 aliphatic rings. The van der Waals surface area contributed by atoms with Crippen LogP contribution in [0, 0.1) is 11.8 Å². The number of amides is 2. The average Bonchev–Trinajstić information content (AvgIpc) is 2.44. The third-order valence-electron chi connectivity index (χ3n) is 3.67. The number of nitrogens with one attached hydrogen (secondary N) is 1. The zero-order valence-electron chi connectivity index (χ0n) is 9.41. The molecule has 2 rings (SSSR count). The van der Waals surface area contributed by atoms with Gasteiger partial charge in [-0.2, -0.15) is 0 Å². The molecule has 15 heavy (non-hydrogen) atoms. The summed E-state index contributed by atoms with van der Waals surface area (Å²) in [6, 6.07) is 0.503. The highest BCUT2D eigenvalue weighted by atomic mass is 16.2. The van der Waals surface area contributed by atoms with E-state index in [9.17, 15) is 4.79 Å². The molecule has 1 aliphatic carbocycles. The van der Waals surface area contributed by atoms with Crippen LogP contribution in [0.4, 0.5) is 4.79 Å². The van der Waals surface area contributed by atoms with E-state index in [0.29, 0.717) is 18.5 Å². The van der Waals surface area contributed by atoms with Gasteiger partial charge >= 0.3 is 6.03 Å². The SMILES string of the molecule is CC(CN)CN1CC(C2CCC2)NC1=O. The maximum Gasteiger partial charge on any atom is 0.317 e. The Balaban J connectivity index is 1.83. The van der Waals surface area contributed by atoms with Crippen molar-refractivity contribution in [1.82, 2.24) is 10.2 Å². The van der Waals surface area contributed by atoms with Crippen molar-refractivity contribution >= 4 is 6.03 Å². The van der Waals surface area contributed by atoms with E-state index < -0.39 is 0 Å². The average molecular weight is 211 g/mol. The van der Waals surface area contributed by atoms with Crippen molar-refractivity contribution < 1.29 is 4.79 Å². The number of hydrogen-bond donors (Lipinski definition) is 2. The normalized spacial score (nSPS) is 28.8. The molecule has 86 valence electrons. The molecular weight excluding hydrogens is 190 g/mol. The van der Waals surface area contributed by atoms with E-state index in [1.165, 1.54) is 19.3 Å². The van der Waals surface area contributed by atoms with Gasteiger partial charge in [-0.15, -0.1) is 0 Å². The summed E-state index contributed by atoms with van der Waals surface area (Å²) in [4.78, 5) is 13.6. The Labute approximate surface area is 91.2 Å². The predicted molar refractivity (Wildman–Crippen MR) is 59.5 cm³/mol. The van der Waals surface area contributed by atoms with Gasteiger partial charge in [0.25, 0.3) is 0 Å². The molecule has 1 saturated carbocycles. The topological polar surface area (TPSA) is 58.4 Å². The van der Waals surface area contributed by atoms with Gasteiger partial charge in [0.1, 0.15) is 0 Å². The summed E-state index contributed by atoms with van der Waals surface area (Å²) in [7, 11) is 0. The number of nitrogens with two attached hydrogens (primary N) is 1. The first-order valence-electron chi connectivity index (χ1n) is 5.96. The van der Waals surface area contributed by atoms with Crippen molar-refractivity contribution in [3.63, 3.8) is 0 Å². The molecule has 2 amide bonds. The number of carbonyl (C=O) groups is 1. The zero-order valence-corrected chi connectivity index (χ0v) is 9.41. The minimum atomic E-state index is 0.104. The van der Waals surface area contributed by atoms with Gasteiger partial charge in [-0.1, -0.05) is 13.3 Å². The molecular formula is C11H21N3O. The first-order valence-corrected chi connectivity index (χ1v) is 5.96. The van der Waals surface area contributed by atoms with Crippen LogP contribution in [0.3, 0.4) is 0 Å². The maximum absolute atomic E-state index is 11.7. The Morgan fingerprint density at radius 1 is 1.60 bits per heavy atom. The van der Waals surface area contributed by atoms with E-state index in [1.807, 2.05) is 4.90 Å². The minimum absolute atomic E-state index is 0.104. The molecule has 0 aromatic carbocycles. The van der Waals surface area contributed by atoms with Gasteiger partial charge in [-0.05, 0) is 31.2 Å². The monoisotopic (exact) mass is 211 g/mol. The summed E-state index contributed by atoms with van der Waals surface area (Å²) < 4.78 is 0. The second-order valence-corrected chi connectivity index (χ2v) is 4.99. The molecule has 0 radical (unpaired) electrons. The van der Waals surface area contributed by atoms with Gasteiger partial charge in [0.05, 0.1) is 6.04 Å². The van der Waals surface area contributed by atoms with Crippen molar-refractivity contribution in [2.45, 2.75) is 32.2 Å². The van der Waals surface area contributed by atoms with Crippen LogP contribution in [0.2, 0.25) is 0 Å². The van der Waals surface area contributed by atoms with E-state index in [0.717, 1.165) is 19.0 Å². The number of nitrogens with zero attached hydrogens (tertiary/aromatic N) is 1. The molecule has 2 atom stereocenters. The molecule has 4 nitrogen and oxygen atoms in total. The summed E-state index contributed by atoms with van der Waals surface area (Å²) >= 11 is 0. The van der Waals surface area contributed by atoms with Crippen LogP contribution in [-0.4, -0.2) is 36.6 Å². The summed E-state index contributed by atoms with van der Waals surface area (Å²) in [5.74, 6) is 1.13. The highest BCUT2D eigenvalue weighted by molar-refractivity contribution is 5.77. The maximum atomic E-state index is 11.7. The molecule has 0 aromatic rings. The Hall–Kier alpha value is -0.770. The van der Waals surface area contributed by atoms with E-state index in [1.54, 1.807) is 0 Å². The summed E-state index contributed by atoms with van der Waals surface area (Å²) in [5, 5.41) is 3.08. The Bertz CT molecular complexity index is 240. The first kappa shape index (κ1) is 10.7. The third-order valence-corrected chi connectivity index (χ3v) is 3.67. The fourth-order valence-corrected chi connectivity index (χ4v) is 2.33. The molecule has 0 aromatic heterocycles. The Kier molecular flexibility index (Phi) is 3.14. The lowest BCUT2D eigenvalue weighted by Crippen LogP contribution is -2.37. The van der Waals surface area contributed by atoms with Gasteiger partial charge in [0.15, 0.2) is 0 Å². The predicted octanol–water partition coefficient (Wildman–Crippen LogP) is 0.775. The van der Waals surface area contributed by atoms with Gasteiger partial charge in [-0.3, -0.25) is 0 Å². The van der Waals surface area contributed by atoms with E-state index in [-0.39, 0.29) is 6.03 Å². The lowest BCUT2D eigenvalue weighted by atomic mass is 9.80. The van der Waals surface area contributed by atoms with Gasteiger partial charge in [0.2, 0.25) is 0 Å². The van der Waals surface area contributed by atoms with Gasteiger partial charge < -0.3 is 16.0 Å². The van der Waals surface area contributed by atoms with Crippen molar-refractivity contribution in [2.75, 3.05) is 19.6 Å². The van der Waals surface area contributed by atoms with Crippen LogP contribution in [0.1, 0.15) is 26.2 Å². The lowest BCUT2D eigenvalue weighted by molar-refractivity contribution is 0.209. The fourth-order valence-electron chi connectivity index (χ4n) is 2.33. The first-order chi connectivity index (χ1) is 7.20.